The summed E-state index contributed by atoms with van der Waals surface area (Å²) >= 11 is 0. The molecule has 0 aromatic heterocycles. The van der Waals surface area contributed by atoms with Crippen LogP contribution in [0.2, 0.25) is 0 Å². The van der Waals surface area contributed by atoms with E-state index in [2.05, 4.69) is 31.2 Å². The number of ether oxygens (including phenoxy) is 2. The molecule has 0 bridgehead atoms. The molecule has 4 nitrogen and oxygen atoms in total. The average molecular weight is 289 g/mol. The predicted molar refractivity (Wildman–Crippen MR) is 80.0 cm³/mol. The van der Waals surface area contributed by atoms with Crippen LogP contribution in [0.15, 0.2) is 24.3 Å². The summed E-state index contributed by atoms with van der Waals surface area (Å²) in [5.41, 5.74) is 2.37. The number of rotatable bonds is 2. The van der Waals surface area contributed by atoms with Gasteiger partial charge in [-0.1, -0.05) is 29.8 Å². The highest BCUT2D eigenvalue weighted by Gasteiger charge is 2.34. The second-order valence-electron chi connectivity index (χ2n) is 6.09. The maximum absolute atomic E-state index is 12.5. The lowest BCUT2D eigenvalue weighted by atomic mass is 10.0. The molecule has 2 aliphatic rings. The van der Waals surface area contributed by atoms with Gasteiger partial charge in [0.15, 0.2) is 0 Å². The van der Waals surface area contributed by atoms with Crippen LogP contribution in [-0.4, -0.2) is 42.7 Å². The van der Waals surface area contributed by atoms with Gasteiger partial charge in [0, 0.05) is 13.2 Å². The van der Waals surface area contributed by atoms with E-state index in [4.69, 9.17) is 9.47 Å². The maximum Gasteiger partial charge on any atom is 0.251 e. The number of benzene rings is 1. The van der Waals surface area contributed by atoms with Crippen LogP contribution in [-0.2, 0) is 14.3 Å². The molecule has 0 N–H and O–H groups in total. The molecule has 3 rings (SSSR count). The van der Waals surface area contributed by atoms with Crippen molar-refractivity contribution in [2.24, 2.45) is 0 Å². The summed E-state index contributed by atoms with van der Waals surface area (Å²) in [4.78, 5) is 14.4. The van der Waals surface area contributed by atoms with Gasteiger partial charge in [0.25, 0.3) is 5.91 Å². The quantitative estimate of drug-likeness (QED) is 0.839. The molecule has 0 spiro atoms. The summed E-state index contributed by atoms with van der Waals surface area (Å²) in [5.74, 6) is 0.125. The third kappa shape index (κ3) is 3.27. The molecule has 2 aliphatic heterocycles. The minimum absolute atomic E-state index is 0.0419. The molecule has 0 radical (unpaired) electrons. The molecule has 2 heterocycles. The zero-order valence-electron chi connectivity index (χ0n) is 12.7. The summed E-state index contributed by atoms with van der Waals surface area (Å²) in [6.45, 7) is 6.07. The highest BCUT2D eigenvalue weighted by atomic mass is 16.5. The number of hydrogen-bond acceptors (Lipinski definition) is 3. The predicted octanol–water partition coefficient (Wildman–Crippen LogP) is 2.46. The van der Waals surface area contributed by atoms with E-state index in [9.17, 15) is 4.79 Å². The lowest BCUT2D eigenvalue weighted by molar-refractivity contribution is -0.154. The molecular weight excluding hydrogens is 266 g/mol. The molecule has 3 unspecified atom stereocenters. The Morgan fingerprint density at radius 2 is 2.00 bits per heavy atom. The van der Waals surface area contributed by atoms with E-state index >= 15 is 0 Å². The van der Waals surface area contributed by atoms with Crippen LogP contribution in [0.4, 0.5) is 0 Å². The van der Waals surface area contributed by atoms with Crippen LogP contribution in [0.1, 0.15) is 37.0 Å². The van der Waals surface area contributed by atoms with Gasteiger partial charge in [-0.2, -0.15) is 0 Å². The largest absolute Gasteiger partial charge is 0.368 e. The molecule has 1 aromatic rings. The number of amides is 1. The second-order valence-corrected chi connectivity index (χ2v) is 6.09. The van der Waals surface area contributed by atoms with Gasteiger partial charge in [-0.05, 0) is 32.3 Å². The Labute approximate surface area is 126 Å². The van der Waals surface area contributed by atoms with E-state index in [0.717, 1.165) is 18.4 Å². The molecule has 3 atom stereocenters. The number of hydrogen-bond donors (Lipinski definition) is 0. The Kier molecular flexibility index (Phi) is 4.27. The first-order chi connectivity index (χ1) is 10.1. The van der Waals surface area contributed by atoms with Crippen LogP contribution < -0.4 is 0 Å². The highest BCUT2D eigenvalue weighted by Crippen LogP contribution is 2.27. The first kappa shape index (κ1) is 14.5. The molecule has 114 valence electrons. The molecule has 4 heteroatoms. The van der Waals surface area contributed by atoms with Gasteiger partial charge in [0.05, 0.1) is 12.6 Å². The monoisotopic (exact) mass is 289 g/mol. The average Bonchev–Trinajstić information content (AvgIpc) is 3.00. The Bertz CT molecular complexity index is 493. The lowest BCUT2D eigenvalue weighted by Crippen LogP contribution is -2.49. The molecule has 1 aromatic carbocycles. The van der Waals surface area contributed by atoms with Crippen molar-refractivity contribution in [2.75, 3.05) is 19.7 Å². The molecule has 2 saturated heterocycles. The fraction of sp³-hybridized carbons (Fsp3) is 0.588. The number of nitrogens with zero attached hydrogens (tertiary/aromatic N) is 1. The van der Waals surface area contributed by atoms with Gasteiger partial charge in [0.2, 0.25) is 0 Å². The van der Waals surface area contributed by atoms with Crippen LogP contribution >= 0.6 is 0 Å². The van der Waals surface area contributed by atoms with Crippen LogP contribution in [0, 0.1) is 6.92 Å². The van der Waals surface area contributed by atoms with Gasteiger partial charge in [0.1, 0.15) is 12.2 Å². The van der Waals surface area contributed by atoms with Gasteiger partial charge in [-0.3, -0.25) is 4.79 Å². The molecule has 2 fully saturated rings. The summed E-state index contributed by atoms with van der Waals surface area (Å²) in [6.07, 6.45) is 1.60. The van der Waals surface area contributed by atoms with Crippen LogP contribution in [0.5, 0.6) is 0 Å². The smallest absolute Gasteiger partial charge is 0.251 e. The van der Waals surface area contributed by atoms with E-state index in [1.54, 1.807) is 0 Å². The van der Waals surface area contributed by atoms with Crippen molar-refractivity contribution < 1.29 is 14.3 Å². The highest BCUT2D eigenvalue weighted by molar-refractivity contribution is 5.81. The first-order valence-electron chi connectivity index (χ1n) is 7.76. The van der Waals surface area contributed by atoms with Crippen molar-refractivity contribution in [2.45, 2.75) is 45.0 Å². The number of aryl methyl sites for hydroxylation is 1. The van der Waals surface area contributed by atoms with Crippen molar-refractivity contribution in [3.05, 3.63) is 35.4 Å². The van der Waals surface area contributed by atoms with Crippen LogP contribution in [0.3, 0.4) is 0 Å². The maximum atomic E-state index is 12.5. The van der Waals surface area contributed by atoms with Crippen molar-refractivity contribution >= 4 is 5.91 Å². The van der Waals surface area contributed by atoms with Crippen molar-refractivity contribution in [3.8, 4) is 0 Å². The fourth-order valence-corrected chi connectivity index (χ4v) is 3.07. The summed E-state index contributed by atoms with van der Waals surface area (Å²) in [6, 6.07) is 8.36. The number of carbonyl (C=O) groups is 1. The summed E-state index contributed by atoms with van der Waals surface area (Å²) in [5, 5.41) is 0. The van der Waals surface area contributed by atoms with Crippen molar-refractivity contribution in [1.29, 1.82) is 0 Å². The summed E-state index contributed by atoms with van der Waals surface area (Å²) in [7, 11) is 0. The van der Waals surface area contributed by atoms with E-state index in [1.807, 2.05) is 11.8 Å². The minimum atomic E-state index is -0.242. The van der Waals surface area contributed by atoms with Gasteiger partial charge >= 0.3 is 0 Å². The van der Waals surface area contributed by atoms with Gasteiger partial charge < -0.3 is 14.4 Å². The van der Waals surface area contributed by atoms with Crippen LogP contribution in [0.25, 0.3) is 0 Å². The third-order valence-electron chi connectivity index (χ3n) is 4.23. The molecular formula is C17H23NO3. The van der Waals surface area contributed by atoms with E-state index in [0.29, 0.717) is 19.7 Å². The van der Waals surface area contributed by atoms with Gasteiger partial charge in [-0.25, -0.2) is 0 Å². The zero-order chi connectivity index (χ0) is 14.8. The molecule has 0 aliphatic carbocycles. The van der Waals surface area contributed by atoms with Crippen molar-refractivity contribution in [1.82, 2.24) is 4.90 Å². The Balaban J connectivity index is 1.71. The Hall–Kier alpha value is -1.39. The minimum Gasteiger partial charge on any atom is -0.368 e. The first-order valence-corrected chi connectivity index (χ1v) is 7.76. The fourth-order valence-electron chi connectivity index (χ4n) is 3.07. The Morgan fingerprint density at radius 3 is 2.67 bits per heavy atom. The standard InChI is InChI=1S/C17H23NO3/c1-12-5-7-14(8-6-12)16-11-18(10-13(2)21-16)17(19)15-4-3-9-20-15/h5-8,13,15-16H,3-4,9-11H2,1-2H3. The third-order valence-corrected chi connectivity index (χ3v) is 4.23. The Morgan fingerprint density at radius 1 is 1.24 bits per heavy atom. The number of carbonyl (C=O) groups excluding carboxylic acids is 1. The molecule has 21 heavy (non-hydrogen) atoms. The lowest BCUT2D eigenvalue weighted by Gasteiger charge is -2.38. The second kappa shape index (κ2) is 6.16. The van der Waals surface area contributed by atoms with E-state index < -0.39 is 0 Å². The van der Waals surface area contributed by atoms with E-state index in [1.165, 1.54) is 5.56 Å². The molecule has 0 saturated carbocycles. The number of morpholine rings is 1. The zero-order valence-corrected chi connectivity index (χ0v) is 12.7. The topological polar surface area (TPSA) is 38.8 Å². The van der Waals surface area contributed by atoms with Crippen molar-refractivity contribution in [3.63, 3.8) is 0 Å². The molecule has 1 amide bonds. The normalized spacial score (nSPS) is 29.6. The van der Waals surface area contributed by atoms with Gasteiger partial charge in [-0.15, -0.1) is 0 Å². The summed E-state index contributed by atoms with van der Waals surface area (Å²) < 4.78 is 11.5. The SMILES string of the molecule is Cc1ccc(C2CN(C(=O)C3CCCO3)CC(C)O2)cc1. The van der Waals surface area contributed by atoms with E-state index in [-0.39, 0.29) is 24.2 Å².